The van der Waals surface area contributed by atoms with Crippen LogP contribution in [0.25, 0.3) is 0 Å². The van der Waals surface area contributed by atoms with Gasteiger partial charge in [-0.25, -0.2) is 4.98 Å². The van der Waals surface area contributed by atoms with Crippen molar-refractivity contribution in [1.29, 1.82) is 0 Å². The summed E-state index contributed by atoms with van der Waals surface area (Å²) >= 11 is 1.82. The largest absolute Gasteiger partial charge is 0.383 e. The highest BCUT2D eigenvalue weighted by Crippen LogP contribution is 2.44. The lowest BCUT2D eigenvalue weighted by atomic mass is 9.70. The number of methoxy groups -OCH3 is 1. The van der Waals surface area contributed by atoms with Crippen LogP contribution in [0.4, 0.5) is 5.13 Å². The van der Waals surface area contributed by atoms with Gasteiger partial charge < -0.3 is 10.1 Å². The minimum Gasteiger partial charge on any atom is -0.383 e. The Bertz CT molecular complexity index is 403. The highest BCUT2D eigenvalue weighted by molar-refractivity contribution is 7.15. The van der Waals surface area contributed by atoms with Gasteiger partial charge in [0.1, 0.15) is 0 Å². The van der Waals surface area contributed by atoms with E-state index in [-0.39, 0.29) is 0 Å². The zero-order chi connectivity index (χ0) is 14.6. The second kappa shape index (κ2) is 6.90. The predicted octanol–water partition coefficient (Wildman–Crippen LogP) is 4.52. The fraction of sp³-hybridized carbons (Fsp3) is 0.812. The van der Waals surface area contributed by atoms with Crippen LogP contribution in [0, 0.1) is 11.3 Å². The average molecular weight is 296 g/mol. The average Bonchev–Trinajstić information content (AvgIpc) is 2.87. The minimum absolute atomic E-state index is 0.464. The van der Waals surface area contributed by atoms with Crippen LogP contribution in [0.2, 0.25) is 0 Å². The van der Waals surface area contributed by atoms with Gasteiger partial charge >= 0.3 is 0 Å². The molecule has 1 aromatic rings. The van der Waals surface area contributed by atoms with Crippen LogP contribution in [0.1, 0.15) is 57.2 Å². The first kappa shape index (κ1) is 15.8. The predicted molar refractivity (Wildman–Crippen MR) is 86.6 cm³/mol. The lowest BCUT2D eigenvalue weighted by molar-refractivity contribution is 0.170. The molecule has 0 radical (unpaired) electrons. The lowest BCUT2D eigenvalue weighted by Crippen LogP contribution is -2.25. The van der Waals surface area contributed by atoms with Gasteiger partial charge in [0.15, 0.2) is 5.13 Å². The third-order valence-corrected chi connectivity index (χ3v) is 5.58. The van der Waals surface area contributed by atoms with Crippen molar-refractivity contribution >= 4 is 16.5 Å². The van der Waals surface area contributed by atoms with Crippen LogP contribution in [-0.4, -0.2) is 25.2 Å². The summed E-state index contributed by atoms with van der Waals surface area (Å²) in [6.07, 6.45) is 7.43. The van der Waals surface area contributed by atoms with Crippen LogP contribution in [-0.2, 0) is 4.74 Å². The number of nitrogens with zero attached hydrogens (tertiary/aromatic N) is 1. The number of hydrogen-bond donors (Lipinski definition) is 1. The molecular weight excluding hydrogens is 268 g/mol. The number of ether oxygens (including phenoxy) is 1. The molecule has 1 aliphatic carbocycles. The van der Waals surface area contributed by atoms with Crippen molar-refractivity contribution in [2.75, 3.05) is 25.6 Å². The molecule has 0 saturated heterocycles. The van der Waals surface area contributed by atoms with Crippen molar-refractivity contribution < 1.29 is 4.74 Å². The number of thiazole rings is 1. The second-order valence-electron chi connectivity index (χ2n) is 6.90. The Hall–Kier alpha value is -0.610. The maximum absolute atomic E-state index is 5.04. The third-order valence-electron chi connectivity index (χ3n) is 4.46. The van der Waals surface area contributed by atoms with E-state index in [1.165, 1.54) is 30.6 Å². The van der Waals surface area contributed by atoms with Gasteiger partial charge in [0.25, 0.3) is 0 Å². The molecule has 0 aliphatic heterocycles. The van der Waals surface area contributed by atoms with Crippen molar-refractivity contribution in [2.24, 2.45) is 11.3 Å². The fourth-order valence-corrected chi connectivity index (χ4v) is 4.07. The monoisotopic (exact) mass is 296 g/mol. The van der Waals surface area contributed by atoms with Crippen LogP contribution in [0.5, 0.6) is 0 Å². The molecule has 1 fully saturated rings. The third kappa shape index (κ3) is 4.19. The van der Waals surface area contributed by atoms with Crippen molar-refractivity contribution in [1.82, 2.24) is 4.98 Å². The van der Waals surface area contributed by atoms with Crippen LogP contribution in [0.3, 0.4) is 0 Å². The van der Waals surface area contributed by atoms with Gasteiger partial charge in [-0.2, -0.15) is 0 Å². The summed E-state index contributed by atoms with van der Waals surface area (Å²) in [5.74, 6) is 1.61. The summed E-state index contributed by atoms with van der Waals surface area (Å²) < 4.78 is 5.04. The summed E-state index contributed by atoms with van der Waals surface area (Å²) in [6.45, 7) is 8.69. The number of anilines is 1. The van der Waals surface area contributed by atoms with E-state index in [0.717, 1.165) is 30.1 Å². The van der Waals surface area contributed by atoms with Crippen LogP contribution >= 0.6 is 11.3 Å². The van der Waals surface area contributed by atoms with Crippen molar-refractivity contribution in [3.8, 4) is 0 Å². The Morgan fingerprint density at radius 3 is 2.60 bits per heavy atom. The summed E-state index contributed by atoms with van der Waals surface area (Å²) in [6, 6.07) is 0. The van der Waals surface area contributed by atoms with Crippen molar-refractivity contribution in [3.63, 3.8) is 0 Å². The van der Waals surface area contributed by atoms with Gasteiger partial charge in [-0.3, -0.25) is 0 Å². The van der Waals surface area contributed by atoms with E-state index in [0.29, 0.717) is 5.41 Å². The maximum atomic E-state index is 5.04. The Kier molecular flexibility index (Phi) is 5.44. The molecule has 0 unspecified atom stereocenters. The first-order chi connectivity index (χ1) is 9.50. The van der Waals surface area contributed by atoms with Gasteiger partial charge in [-0.15, -0.1) is 11.3 Å². The van der Waals surface area contributed by atoms with E-state index < -0.39 is 0 Å². The molecule has 1 aliphatic rings. The second-order valence-corrected chi connectivity index (χ2v) is 7.96. The van der Waals surface area contributed by atoms with Crippen molar-refractivity contribution in [2.45, 2.75) is 52.4 Å². The SMILES string of the molecule is COCCNc1ncc(C2CCC(C(C)(C)C)CC2)s1. The Balaban J connectivity index is 1.84. The molecule has 20 heavy (non-hydrogen) atoms. The molecular formula is C16H28N2OS. The van der Waals surface area contributed by atoms with E-state index >= 15 is 0 Å². The zero-order valence-corrected chi connectivity index (χ0v) is 14.1. The van der Waals surface area contributed by atoms with E-state index in [4.69, 9.17) is 4.74 Å². The van der Waals surface area contributed by atoms with Gasteiger partial charge in [0.2, 0.25) is 0 Å². The molecule has 2 rings (SSSR count). The molecule has 0 bridgehead atoms. The van der Waals surface area contributed by atoms with Gasteiger partial charge in [0.05, 0.1) is 6.61 Å². The van der Waals surface area contributed by atoms with E-state index in [1.807, 2.05) is 11.3 Å². The quantitative estimate of drug-likeness (QED) is 0.811. The molecule has 1 N–H and O–H groups in total. The molecule has 0 atom stereocenters. The molecule has 1 heterocycles. The molecule has 4 heteroatoms. The molecule has 0 amide bonds. The Labute approximate surface area is 127 Å². The van der Waals surface area contributed by atoms with Crippen LogP contribution in [0.15, 0.2) is 6.20 Å². The van der Waals surface area contributed by atoms with Crippen molar-refractivity contribution in [3.05, 3.63) is 11.1 Å². The molecule has 3 nitrogen and oxygen atoms in total. The number of hydrogen-bond acceptors (Lipinski definition) is 4. The molecule has 1 saturated carbocycles. The van der Waals surface area contributed by atoms with Gasteiger partial charge in [-0.1, -0.05) is 20.8 Å². The highest BCUT2D eigenvalue weighted by atomic mass is 32.1. The minimum atomic E-state index is 0.464. The summed E-state index contributed by atoms with van der Waals surface area (Å²) in [5, 5.41) is 4.36. The molecule has 0 spiro atoms. The number of rotatable bonds is 5. The number of nitrogens with one attached hydrogen (secondary N) is 1. The zero-order valence-electron chi connectivity index (χ0n) is 13.2. The van der Waals surface area contributed by atoms with Gasteiger partial charge in [0, 0.05) is 24.7 Å². The van der Waals surface area contributed by atoms with E-state index in [9.17, 15) is 0 Å². The Morgan fingerprint density at radius 2 is 2.00 bits per heavy atom. The lowest BCUT2D eigenvalue weighted by Gasteiger charge is -2.36. The molecule has 0 aromatic carbocycles. The first-order valence-electron chi connectivity index (χ1n) is 7.69. The highest BCUT2D eigenvalue weighted by Gasteiger charge is 2.30. The van der Waals surface area contributed by atoms with Gasteiger partial charge in [-0.05, 0) is 42.9 Å². The summed E-state index contributed by atoms with van der Waals surface area (Å²) in [5.41, 5.74) is 0.464. The number of aromatic nitrogens is 1. The first-order valence-corrected chi connectivity index (χ1v) is 8.51. The molecule has 1 aromatic heterocycles. The topological polar surface area (TPSA) is 34.1 Å². The van der Waals surface area contributed by atoms with Crippen LogP contribution < -0.4 is 5.32 Å². The molecule has 114 valence electrons. The Morgan fingerprint density at radius 1 is 1.30 bits per heavy atom. The summed E-state index contributed by atoms with van der Waals surface area (Å²) in [4.78, 5) is 5.94. The summed E-state index contributed by atoms with van der Waals surface area (Å²) in [7, 11) is 1.72. The smallest absolute Gasteiger partial charge is 0.182 e. The van der Waals surface area contributed by atoms with E-state index in [2.05, 4.69) is 37.3 Å². The normalized spacial score (nSPS) is 23.8. The maximum Gasteiger partial charge on any atom is 0.182 e. The standard InChI is InChI=1S/C16H28N2OS/c1-16(2,3)13-7-5-12(6-8-13)14-11-18-15(20-14)17-9-10-19-4/h11-13H,5-10H2,1-4H3,(H,17,18). The fourth-order valence-electron chi connectivity index (χ4n) is 3.06. The van der Waals surface area contributed by atoms with E-state index in [1.54, 1.807) is 7.11 Å².